The number of carbonyl (C=O) groups excluding carboxylic acids is 3. The normalized spacial score (nSPS) is 21.0. The smallest absolute Gasteiger partial charge is 0.234 e. The lowest BCUT2D eigenvalue weighted by Gasteiger charge is -2.30. The maximum Gasteiger partial charge on any atom is 0.234 e. The summed E-state index contributed by atoms with van der Waals surface area (Å²) >= 11 is 1.25. The highest BCUT2D eigenvalue weighted by molar-refractivity contribution is 8.00. The molecule has 3 rings (SSSR count). The highest BCUT2D eigenvalue weighted by atomic mass is 32.2. The Balaban J connectivity index is 1.47. The Hall–Kier alpha value is -2.46. The lowest BCUT2D eigenvalue weighted by Crippen LogP contribution is -2.55. The molecule has 4 N–H and O–H groups in total. The number of hydrogen-bond donors (Lipinski definition) is 4. The van der Waals surface area contributed by atoms with Gasteiger partial charge in [-0.15, -0.1) is 11.8 Å². The van der Waals surface area contributed by atoms with Gasteiger partial charge in [-0.05, 0) is 12.1 Å². The number of benzene rings is 1. The molecule has 0 saturated carbocycles. The monoisotopic (exact) mass is 380 g/mol. The van der Waals surface area contributed by atoms with Crippen LogP contribution in [-0.2, 0) is 14.4 Å². The summed E-state index contributed by atoms with van der Waals surface area (Å²) < 4.78 is 10.5. The van der Waals surface area contributed by atoms with E-state index in [0.717, 1.165) is 0 Å². The van der Waals surface area contributed by atoms with Crippen molar-refractivity contribution in [2.45, 2.75) is 24.4 Å². The van der Waals surface area contributed by atoms with Crippen LogP contribution in [0.25, 0.3) is 0 Å². The predicted molar refractivity (Wildman–Crippen MR) is 95.8 cm³/mol. The van der Waals surface area contributed by atoms with Gasteiger partial charge in [0.15, 0.2) is 11.5 Å². The Morgan fingerprint density at radius 2 is 2.08 bits per heavy atom. The third-order valence-corrected chi connectivity index (χ3v) is 4.88. The molecule has 1 aromatic rings. The zero-order valence-corrected chi connectivity index (χ0v) is 15.0. The van der Waals surface area contributed by atoms with E-state index in [1.54, 1.807) is 25.2 Å². The van der Waals surface area contributed by atoms with Crippen LogP contribution in [-0.4, -0.2) is 48.9 Å². The van der Waals surface area contributed by atoms with Crippen LogP contribution in [0.3, 0.4) is 0 Å². The quantitative estimate of drug-likeness (QED) is 0.548. The van der Waals surface area contributed by atoms with Crippen molar-refractivity contribution >= 4 is 35.2 Å². The van der Waals surface area contributed by atoms with Gasteiger partial charge in [0, 0.05) is 37.7 Å². The van der Waals surface area contributed by atoms with Gasteiger partial charge < -0.3 is 25.4 Å². The van der Waals surface area contributed by atoms with Gasteiger partial charge in [0.25, 0.3) is 0 Å². The highest BCUT2D eigenvalue weighted by Gasteiger charge is 2.27. The van der Waals surface area contributed by atoms with E-state index in [1.165, 1.54) is 11.8 Å². The molecule has 0 spiro atoms. The Morgan fingerprint density at radius 1 is 1.27 bits per heavy atom. The first-order valence-corrected chi connectivity index (χ1v) is 9.15. The molecule has 140 valence electrons. The molecule has 2 aliphatic rings. The van der Waals surface area contributed by atoms with E-state index < -0.39 is 5.50 Å². The Bertz CT molecular complexity index is 714. The standard InChI is InChI=1S/C16H20N4O5S/c1-17-13(21)5-10-6-14(22)20-16(19-10)26-7-15(23)18-9-2-3-11-12(4-9)25-8-24-11/h2-4,10,16,19H,5-8H2,1H3,(H,17,21)(H,18,23)(H,20,22). The number of ether oxygens (including phenoxy) is 2. The molecule has 9 nitrogen and oxygen atoms in total. The van der Waals surface area contributed by atoms with E-state index >= 15 is 0 Å². The first-order valence-electron chi connectivity index (χ1n) is 8.10. The summed E-state index contributed by atoms with van der Waals surface area (Å²) in [6, 6.07) is 4.91. The van der Waals surface area contributed by atoms with Crippen molar-refractivity contribution in [2.24, 2.45) is 0 Å². The largest absolute Gasteiger partial charge is 0.454 e. The molecule has 0 bridgehead atoms. The average molecular weight is 380 g/mol. The van der Waals surface area contributed by atoms with E-state index in [4.69, 9.17) is 9.47 Å². The molecule has 10 heteroatoms. The third-order valence-electron chi connectivity index (χ3n) is 3.86. The van der Waals surface area contributed by atoms with Gasteiger partial charge in [0.1, 0.15) is 5.50 Å². The fourth-order valence-electron chi connectivity index (χ4n) is 2.62. The molecule has 1 fully saturated rings. The molecule has 26 heavy (non-hydrogen) atoms. The lowest BCUT2D eigenvalue weighted by atomic mass is 10.1. The zero-order valence-electron chi connectivity index (χ0n) is 14.2. The Kier molecular flexibility index (Phi) is 5.84. The van der Waals surface area contributed by atoms with Crippen LogP contribution < -0.4 is 30.7 Å². The minimum absolute atomic E-state index is 0.137. The van der Waals surface area contributed by atoms with Crippen molar-refractivity contribution < 1.29 is 23.9 Å². The third kappa shape index (κ3) is 4.79. The maximum absolute atomic E-state index is 12.1. The molecular weight excluding hydrogens is 360 g/mol. The van der Waals surface area contributed by atoms with Crippen LogP contribution in [0.5, 0.6) is 11.5 Å². The Morgan fingerprint density at radius 3 is 2.88 bits per heavy atom. The average Bonchev–Trinajstić information content (AvgIpc) is 3.07. The van der Waals surface area contributed by atoms with Gasteiger partial charge in [-0.1, -0.05) is 0 Å². The van der Waals surface area contributed by atoms with Gasteiger partial charge in [-0.25, -0.2) is 0 Å². The SMILES string of the molecule is CNC(=O)CC1CC(=O)NC(SCC(=O)Nc2ccc3c(c2)OCO3)N1. The van der Waals surface area contributed by atoms with Gasteiger partial charge in [0.2, 0.25) is 24.5 Å². The number of thioether (sulfide) groups is 1. The summed E-state index contributed by atoms with van der Waals surface area (Å²) in [6.07, 6.45) is 0.443. The summed E-state index contributed by atoms with van der Waals surface area (Å²) in [7, 11) is 1.55. The molecule has 3 amide bonds. The number of amides is 3. The van der Waals surface area contributed by atoms with E-state index in [2.05, 4.69) is 21.3 Å². The van der Waals surface area contributed by atoms with Crippen molar-refractivity contribution in [1.82, 2.24) is 16.0 Å². The molecule has 2 aliphatic heterocycles. The molecule has 2 atom stereocenters. The summed E-state index contributed by atoms with van der Waals surface area (Å²) in [6.45, 7) is 0.173. The first-order chi connectivity index (χ1) is 12.5. The Labute approximate surface area is 154 Å². The van der Waals surface area contributed by atoms with Gasteiger partial charge in [0.05, 0.1) is 5.75 Å². The fraction of sp³-hybridized carbons (Fsp3) is 0.438. The molecule has 0 aromatic heterocycles. The molecule has 1 saturated heterocycles. The number of fused-ring (bicyclic) bond motifs is 1. The zero-order chi connectivity index (χ0) is 18.5. The number of nitrogens with one attached hydrogen (secondary N) is 4. The first kappa shape index (κ1) is 18.3. The van der Waals surface area contributed by atoms with Crippen molar-refractivity contribution in [1.29, 1.82) is 0 Å². The van der Waals surface area contributed by atoms with Crippen molar-refractivity contribution in [2.75, 3.05) is 24.9 Å². The van der Waals surface area contributed by atoms with Crippen LogP contribution >= 0.6 is 11.8 Å². The summed E-state index contributed by atoms with van der Waals surface area (Å²) in [4.78, 5) is 35.4. The fourth-order valence-corrected chi connectivity index (χ4v) is 3.51. The van der Waals surface area contributed by atoms with E-state index in [0.29, 0.717) is 17.2 Å². The van der Waals surface area contributed by atoms with Gasteiger partial charge in [-0.3, -0.25) is 19.7 Å². The highest BCUT2D eigenvalue weighted by Crippen LogP contribution is 2.34. The molecule has 0 aliphatic carbocycles. The van der Waals surface area contributed by atoms with E-state index in [-0.39, 0.29) is 49.2 Å². The molecule has 0 radical (unpaired) electrons. The summed E-state index contributed by atoms with van der Waals surface area (Å²) in [5.41, 5.74) is 0.186. The van der Waals surface area contributed by atoms with Crippen molar-refractivity contribution in [3.63, 3.8) is 0 Å². The predicted octanol–water partition coefficient (Wildman–Crippen LogP) is -0.0152. The topological polar surface area (TPSA) is 118 Å². The number of anilines is 1. The van der Waals surface area contributed by atoms with Crippen LogP contribution in [0, 0.1) is 0 Å². The van der Waals surface area contributed by atoms with Crippen molar-refractivity contribution in [3.8, 4) is 11.5 Å². The van der Waals surface area contributed by atoms with Crippen LogP contribution in [0.2, 0.25) is 0 Å². The van der Waals surface area contributed by atoms with Crippen LogP contribution in [0.4, 0.5) is 5.69 Å². The number of hydrogen-bond acceptors (Lipinski definition) is 7. The van der Waals surface area contributed by atoms with Gasteiger partial charge >= 0.3 is 0 Å². The number of rotatable bonds is 6. The van der Waals surface area contributed by atoms with E-state index in [1.807, 2.05) is 0 Å². The molecule has 2 unspecified atom stereocenters. The second-order valence-electron chi connectivity index (χ2n) is 5.82. The molecule has 1 aromatic carbocycles. The van der Waals surface area contributed by atoms with Crippen molar-refractivity contribution in [3.05, 3.63) is 18.2 Å². The number of carbonyl (C=O) groups is 3. The summed E-state index contributed by atoms with van der Waals surface area (Å²) in [5.74, 6) is 0.882. The van der Waals surface area contributed by atoms with Gasteiger partial charge in [-0.2, -0.15) is 0 Å². The second-order valence-corrected chi connectivity index (χ2v) is 6.91. The second kappa shape index (κ2) is 8.28. The maximum atomic E-state index is 12.1. The minimum atomic E-state index is -0.423. The minimum Gasteiger partial charge on any atom is -0.454 e. The van der Waals surface area contributed by atoms with E-state index in [9.17, 15) is 14.4 Å². The molecule has 2 heterocycles. The van der Waals surface area contributed by atoms with Crippen LogP contribution in [0.15, 0.2) is 18.2 Å². The van der Waals surface area contributed by atoms with Crippen LogP contribution in [0.1, 0.15) is 12.8 Å². The molecular formula is C16H20N4O5S. The lowest BCUT2D eigenvalue weighted by molar-refractivity contribution is -0.125. The summed E-state index contributed by atoms with van der Waals surface area (Å²) in [5, 5.41) is 11.2.